The molecule has 41 heavy (non-hydrogen) atoms. The van der Waals surface area contributed by atoms with Crippen molar-refractivity contribution in [1.82, 2.24) is 19.4 Å². The number of nitrogens with zero attached hydrogens (tertiary/aromatic N) is 6. The van der Waals surface area contributed by atoms with E-state index in [0.717, 1.165) is 68.4 Å². The largest absolute Gasteiger partial charge is 0.473 e. The smallest absolute Gasteiger partial charge is 0.215 e. The summed E-state index contributed by atoms with van der Waals surface area (Å²) in [6.07, 6.45) is 1.21. The molecule has 2 aliphatic rings. The van der Waals surface area contributed by atoms with Crippen LogP contribution in [0.1, 0.15) is 40.7 Å². The highest BCUT2D eigenvalue weighted by Crippen LogP contribution is 2.25. The summed E-state index contributed by atoms with van der Waals surface area (Å²) in [6, 6.07) is 17.6. The van der Waals surface area contributed by atoms with Gasteiger partial charge in [0.1, 0.15) is 24.1 Å². The van der Waals surface area contributed by atoms with Gasteiger partial charge in [-0.1, -0.05) is 12.1 Å². The standard InChI is InChI=1S/C31H31FN6O3/c1-21(39)23-7-8-27-28(16-23)38(18-25-9-14-40-25)30(34-27)19-36-10-12-37(13-11-36)29-3-2-4-31(35-29)41-20-24-6-5-22(17-33)15-26(24)32/h2-8,15-16,25H,9-14,18-20H2,1H3/t25-/m0/s1. The fraction of sp³-hybridized carbons (Fsp3) is 0.355. The SMILES string of the molecule is CC(=O)c1ccc2nc(CN3CCN(c4cccc(OCc5ccc(C#N)cc5F)n4)CC3)n(C[C@@H]3CCO3)c2c1. The van der Waals surface area contributed by atoms with Crippen molar-refractivity contribution < 1.29 is 18.7 Å². The number of Topliss-reactive ketones (excluding diaryl/α,β-unsaturated/α-hetero) is 1. The number of hydrogen-bond acceptors (Lipinski definition) is 8. The van der Waals surface area contributed by atoms with Gasteiger partial charge in [0.05, 0.1) is 41.9 Å². The van der Waals surface area contributed by atoms with Gasteiger partial charge in [-0.2, -0.15) is 10.2 Å². The molecule has 0 N–H and O–H groups in total. The Kier molecular flexibility index (Phi) is 7.63. The number of aromatic nitrogens is 3. The van der Waals surface area contributed by atoms with Gasteiger partial charge >= 0.3 is 0 Å². The van der Waals surface area contributed by atoms with Crippen LogP contribution < -0.4 is 9.64 Å². The number of hydrogen-bond donors (Lipinski definition) is 0. The molecule has 6 rings (SSSR count). The number of carbonyl (C=O) groups is 1. The maximum atomic E-state index is 14.2. The Morgan fingerprint density at radius 2 is 1.95 bits per heavy atom. The monoisotopic (exact) mass is 554 g/mol. The molecule has 0 radical (unpaired) electrons. The fourth-order valence-electron chi connectivity index (χ4n) is 5.23. The summed E-state index contributed by atoms with van der Waals surface area (Å²) in [6.45, 7) is 7.11. The topological polar surface area (TPSA) is 96.5 Å². The van der Waals surface area contributed by atoms with E-state index in [2.05, 4.69) is 19.4 Å². The first-order chi connectivity index (χ1) is 20.0. The number of imidazole rings is 1. The van der Waals surface area contributed by atoms with E-state index >= 15 is 0 Å². The summed E-state index contributed by atoms with van der Waals surface area (Å²) >= 11 is 0. The predicted molar refractivity (Wildman–Crippen MR) is 151 cm³/mol. The normalized spacial score (nSPS) is 17.3. The van der Waals surface area contributed by atoms with Gasteiger partial charge in [-0.25, -0.2) is 9.37 Å². The van der Waals surface area contributed by atoms with E-state index in [1.807, 2.05) is 36.4 Å². The number of piperazine rings is 1. The molecule has 2 aromatic carbocycles. The molecular formula is C31H31FN6O3. The summed E-state index contributed by atoms with van der Waals surface area (Å²) in [5.74, 6) is 1.79. The van der Waals surface area contributed by atoms with Crippen LogP contribution in [0.2, 0.25) is 0 Å². The molecule has 2 saturated heterocycles. The zero-order chi connectivity index (χ0) is 28.3. The number of halogens is 1. The zero-order valence-corrected chi connectivity index (χ0v) is 22.9. The minimum Gasteiger partial charge on any atom is -0.473 e. The Morgan fingerprint density at radius 1 is 1.12 bits per heavy atom. The molecule has 4 aromatic rings. The number of anilines is 1. The number of pyridine rings is 1. The molecule has 210 valence electrons. The van der Waals surface area contributed by atoms with E-state index in [9.17, 15) is 9.18 Å². The lowest BCUT2D eigenvalue weighted by Crippen LogP contribution is -2.46. The second kappa shape index (κ2) is 11.6. The van der Waals surface area contributed by atoms with E-state index in [1.165, 1.54) is 6.07 Å². The van der Waals surface area contributed by atoms with Gasteiger partial charge in [0.15, 0.2) is 5.78 Å². The van der Waals surface area contributed by atoms with Crippen molar-refractivity contribution in [2.24, 2.45) is 0 Å². The van der Waals surface area contributed by atoms with Crippen molar-refractivity contribution >= 4 is 22.6 Å². The first kappa shape index (κ1) is 26.9. The predicted octanol–water partition coefficient (Wildman–Crippen LogP) is 4.33. The Hall–Kier alpha value is -4.33. The van der Waals surface area contributed by atoms with Crippen LogP contribution in [0.15, 0.2) is 54.6 Å². The van der Waals surface area contributed by atoms with Gasteiger partial charge in [0.2, 0.25) is 5.88 Å². The van der Waals surface area contributed by atoms with Crippen molar-refractivity contribution in [3.63, 3.8) is 0 Å². The Balaban J connectivity index is 1.10. The average molecular weight is 555 g/mol. The first-order valence-electron chi connectivity index (χ1n) is 13.8. The number of nitriles is 1. The quantitative estimate of drug-likeness (QED) is 0.282. The molecule has 0 bridgehead atoms. The molecule has 0 spiro atoms. The van der Waals surface area contributed by atoms with E-state index in [0.29, 0.717) is 23.6 Å². The zero-order valence-electron chi connectivity index (χ0n) is 22.9. The van der Waals surface area contributed by atoms with Crippen molar-refractivity contribution in [3.05, 3.63) is 82.9 Å². The number of fused-ring (bicyclic) bond motifs is 1. The fourth-order valence-corrected chi connectivity index (χ4v) is 5.23. The lowest BCUT2D eigenvalue weighted by atomic mass is 10.1. The van der Waals surface area contributed by atoms with Crippen LogP contribution in [0.25, 0.3) is 11.0 Å². The number of rotatable bonds is 9. The lowest BCUT2D eigenvalue weighted by molar-refractivity contribution is -0.0592. The molecule has 0 aliphatic carbocycles. The first-order valence-corrected chi connectivity index (χ1v) is 13.8. The van der Waals surface area contributed by atoms with Crippen molar-refractivity contribution in [1.29, 1.82) is 5.26 Å². The third kappa shape index (κ3) is 5.92. The number of ketones is 1. The van der Waals surface area contributed by atoms with Crippen molar-refractivity contribution in [2.45, 2.75) is 39.1 Å². The Bertz CT molecular complexity index is 1620. The van der Waals surface area contributed by atoms with Gasteiger partial charge < -0.3 is 18.9 Å². The van der Waals surface area contributed by atoms with Crippen LogP contribution >= 0.6 is 0 Å². The van der Waals surface area contributed by atoms with Gasteiger partial charge in [0, 0.05) is 50.0 Å². The summed E-state index contributed by atoms with van der Waals surface area (Å²) in [4.78, 5) is 26.2. The van der Waals surface area contributed by atoms with Crippen molar-refractivity contribution in [2.75, 3.05) is 37.7 Å². The van der Waals surface area contributed by atoms with Gasteiger partial charge in [0.25, 0.3) is 0 Å². The van der Waals surface area contributed by atoms with E-state index < -0.39 is 5.82 Å². The highest BCUT2D eigenvalue weighted by molar-refractivity contribution is 5.97. The highest BCUT2D eigenvalue weighted by Gasteiger charge is 2.25. The molecular weight excluding hydrogens is 523 g/mol. The van der Waals surface area contributed by atoms with Gasteiger partial charge in [-0.15, -0.1) is 0 Å². The van der Waals surface area contributed by atoms with Gasteiger partial charge in [-0.3, -0.25) is 9.69 Å². The highest BCUT2D eigenvalue weighted by atomic mass is 19.1. The summed E-state index contributed by atoms with van der Waals surface area (Å²) in [7, 11) is 0. The molecule has 0 amide bonds. The average Bonchev–Trinajstić information content (AvgIpc) is 3.30. The lowest BCUT2D eigenvalue weighted by Gasteiger charge is -2.35. The third-order valence-electron chi connectivity index (χ3n) is 7.74. The number of ether oxygens (including phenoxy) is 2. The van der Waals surface area contributed by atoms with Crippen molar-refractivity contribution in [3.8, 4) is 11.9 Å². The van der Waals surface area contributed by atoms with Crippen LogP contribution in [0.5, 0.6) is 5.88 Å². The molecule has 9 nitrogen and oxygen atoms in total. The molecule has 2 aliphatic heterocycles. The Labute approximate surface area is 237 Å². The molecule has 1 atom stereocenters. The molecule has 2 fully saturated rings. The molecule has 0 unspecified atom stereocenters. The number of benzene rings is 2. The molecule has 2 aromatic heterocycles. The summed E-state index contributed by atoms with van der Waals surface area (Å²) < 4.78 is 27.9. The van der Waals surface area contributed by atoms with Crippen LogP contribution in [-0.4, -0.2) is 64.1 Å². The molecule has 0 saturated carbocycles. The summed E-state index contributed by atoms with van der Waals surface area (Å²) in [5.41, 5.74) is 3.21. The van der Waals surface area contributed by atoms with Crippen LogP contribution in [0.3, 0.4) is 0 Å². The third-order valence-corrected chi connectivity index (χ3v) is 7.74. The Morgan fingerprint density at radius 3 is 2.66 bits per heavy atom. The second-order valence-electron chi connectivity index (χ2n) is 10.5. The maximum Gasteiger partial charge on any atom is 0.215 e. The van der Waals surface area contributed by atoms with Gasteiger partial charge in [-0.05, 0) is 49.7 Å². The summed E-state index contributed by atoms with van der Waals surface area (Å²) in [5, 5.41) is 8.93. The minimum absolute atomic E-state index is 0.0303. The van der Waals surface area contributed by atoms with E-state index in [1.54, 1.807) is 25.1 Å². The van der Waals surface area contributed by atoms with Crippen LogP contribution in [0.4, 0.5) is 10.2 Å². The van der Waals surface area contributed by atoms with Crippen LogP contribution in [-0.2, 0) is 24.4 Å². The van der Waals surface area contributed by atoms with E-state index in [-0.39, 0.29) is 24.1 Å². The number of carbonyl (C=O) groups excluding carboxylic acids is 1. The molecule has 4 heterocycles. The molecule has 10 heteroatoms. The minimum atomic E-state index is -0.468. The maximum absolute atomic E-state index is 14.2. The van der Waals surface area contributed by atoms with E-state index in [4.69, 9.17) is 19.7 Å². The van der Waals surface area contributed by atoms with Crippen LogP contribution in [0, 0.1) is 17.1 Å². The second-order valence-corrected chi connectivity index (χ2v) is 10.5.